The van der Waals surface area contributed by atoms with Gasteiger partial charge in [0.05, 0.1) is 11.4 Å². The highest BCUT2D eigenvalue weighted by Crippen LogP contribution is 2.29. The number of anilines is 1. The second kappa shape index (κ2) is 7.15. The summed E-state index contributed by atoms with van der Waals surface area (Å²) in [6, 6.07) is 13.6. The first-order valence-corrected chi connectivity index (χ1v) is 9.60. The van der Waals surface area contributed by atoms with Crippen LogP contribution in [0.4, 0.5) is 5.13 Å². The van der Waals surface area contributed by atoms with Crippen LogP contribution in [-0.2, 0) is 0 Å². The summed E-state index contributed by atoms with van der Waals surface area (Å²) in [5.74, 6) is -0.183. The molecule has 1 aromatic carbocycles. The van der Waals surface area contributed by atoms with E-state index in [4.69, 9.17) is 0 Å². The Labute approximate surface area is 158 Å². The molecule has 1 N–H and O–H groups in total. The molecule has 0 saturated heterocycles. The van der Waals surface area contributed by atoms with E-state index in [0.29, 0.717) is 10.0 Å². The monoisotopic (exact) mass is 378 g/mol. The fraction of sp³-hybridized carbons (Fsp3) is 0.0526. The lowest BCUT2D eigenvalue weighted by Gasteiger charge is -1.99. The van der Waals surface area contributed by atoms with Crippen molar-refractivity contribution in [1.82, 2.24) is 15.0 Å². The molecule has 0 radical (unpaired) electrons. The number of pyridine rings is 1. The molecule has 0 spiro atoms. The van der Waals surface area contributed by atoms with Gasteiger partial charge in [-0.2, -0.15) is 0 Å². The minimum Gasteiger partial charge on any atom is -0.297 e. The van der Waals surface area contributed by atoms with Crippen LogP contribution < -0.4 is 5.32 Å². The average Bonchev–Trinajstić information content (AvgIpc) is 3.30. The summed E-state index contributed by atoms with van der Waals surface area (Å²) in [6.07, 6.45) is 3.44. The third kappa shape index (κ3) is 3.40. The third-order valence-electron chi connectivity index (χ3n) is 3.72. The maximum absolute atomic E-state index is 12.6. The van der Waals surface area contributed by atoms with E-state index in [1.54, 1.807) is 12.4 Å². The lowest BCUT2D eigenvalue weighted by atomic mass is 10.2. The normalized spacial score (nSPS) is 10.7. The topological polar surface area (TPSA) is 67.8 Å². The second-order valence-corrected chi connectivity index (χ2v) is 7.38. The molecule has 0 unspecified atom stereocenters. The first kappa shape index (κ1) is 16.6. The van der Waals surface area contributed by atoms with Crippen molar-refractivity contribution in [3.8, 4) is 21.8 Å². The van der Waals surface area contributed by atoms with Crippen molar-refractivity contribution >= 4 is 33.7 Å². The molecule has 128 valence electrons. The Morgan fingerprint density at radius 2 is 1.77 bits per heavy atom. The Kier molecular flexibility index (Phi) is 4.55. The number of aryl methyl sites for hydroxylation is 1. The number of nitrogens with zero attached hydrogens (tertiary/aromatic N) is 3. The Morgan fingerprint density at radius 1 is 1.00 bits per heavy atom. The van der Waals surface area contributed by atoms with Gasteiger partial charge in [-0.05, 0) is 19.1 Å². The molecule has 0 saturated carbocycles. The van der Waals surface area contributed by atoms with E-state index in [0.717, 1.165) is 27.5 Å². The molecule has 1 amide bonds. The molecule has 0 aliphatic carbocycles. The molecule has 0 bridgehead atoms. The van der Waals surface area contributed by atoms with Crippen molar-refractivity contribution in [2.45, 2.75) is 6.92 Å². The zero-order valence-corrected chi connectivity index (χ0v) is 15.5. The van der Waals surface area contributed by atoms with Gasteiger partial charge in [-0.25, -0.2) is 9.97 Å². The van der Waals surface area contributed by atoms with Gasteiger partial charge in [-0.3, -0.25) is 15.1 Å². The van der Waals surface area contributed by atoms with Crippen LogP contribution in [-0.4, -0.2) is 20.9 Å². The first-order chi connectivity index (χ1) is 12.7. The predicted molar refractivity (Wildman–Crippen MR) is 106 cm³/mol. The fourth-order valence-corrected chi connectivity index (χ4v) is 4.13. The van der Waals surface area contributed by atoms with Crippen molar-refractivity contribution < 1.29 is 4.79 Å². The smallest absolute Gasteiger partial charge is 0.269 e. The van der Waals surface area contributed by atoms with Crippen molar-refractivity contribution in [1.29, 1.82) is 0 Å². The van der Waals surface area contributed by atoms with Gasteiger partial charge in [0.25, 0.3) is 5.91 Å². The van der Waals surface area contributed by atoms with Gasteiger partial charge in [0, 0.05) is 28.9 Å². The fourth-order valence-electron chi connectivity index (χ4n) is 2.45. The number of hydrogen-bond donors (Lipinski definition) is 1. The number of benzene rings is 1. The number of thiazole rings is 2. The molecule has 0 atom stereocenters. The van der Waals surface area contributed by atoms with E-state index in [1.165, 1.54) is 22.7 Å². The predicted octanol–water partition coefficient (Wildman–Crippen LogP) is 4.89. The quantitative estimate of drug-likeness (QED) is 0.549. The second-order valence-electron chi connectivity index (χ2n) is 5.53. The van der Waals surface area contributed by atoms with Crippen LogP contribution in [0.1, 0.15) is 15.4 Å². The Balaban J connectivity index is 1.54. The largest absolute Gasteiger partial charge is 0.297 e. The number of rotatable bonds is 4. The van der Waals surface area contributed by atoms with E-state index in [1.807, 2.05) is 54.8 Å². The van der Waals surface area contributed by atoms with Gasteiger partial charge in [-0.15, -0.1) is 22.7 Å². The number of hydrogen-bond acceptors (Lipinski definition) is 6. The lowest BCUT2D eigenvalue weighted by Crippen LogP contribution is -2.11. The van der Waals surface area contributed by atoms with Crippen LogP contribution >= 0.6 is 22.7 Å². The molecule has 3 aromatic heterocycles. The van der Waals surface area contributed by atoms with Gasteiger partial charge in [0.2, 0.25) is 0 Å². The van der Waals surface area contributed by atoms with Crippen LogP contribution in [0.3, 0.4) is 0 Å². The number of nitrogens with one attached hydrogen (secondary N) is 1. The van der Waals surface area contributed by atoms with Crippen LogP contribution in [0.25, 0.3) is 21.8 Å². The maximum atomic E-state index is 12.6. The van der Waals surface area contributed by atoms with Gasteiger partial charge >= 0.3 is 0 Å². The van der Waals surface area contributed by atoms with Crippen LogP contribution in [0.5, 0.6) is 0 Å². The summed E-state index contributed by atoms with van der Waals surface area (Å²) in [5.41, 5.74) is 3.52. The van der Waals surface area contributed by atoms with Gasteiger partial charge in [0.15, 0.2) is 5.13 Å². The number of carbonyl (C=O) groups excluding carboxylic acids is 1. The molecule has 0 aliphatic heterocycles. The van der Waals surface area contributed by atoms with Crippen molar-refractivity contribution in [2.24, 2.45) is 0 Å². The Morgan fingerprint density at radius 3 is 2.54 bits per heavy atom. The molecule has 0 fully saturated rings. The van der Waals surface area contributed by atoms with Gasteiger partial charge in [0.1, 0.15) is 9.88 Å². The maximum Gasteiger partial charge on any atom is 0.269 e. The van der Waals surface area contributed by atoms with E-state index in [9.17, 15) is 4.79 Å². The summed E-state index contributed by atoms with van der Waals surface area (Å²) in [4.78, 5) is 26.3. The summed E-state index contributed by atoms with van der Waals surface area (Å²) >= 11 is 2.79. The van der Waals surface area contributed by atoms with E-state index in [2.05, 4.69) is 20.3 Å². The summed E-state index contributed by atoms with van der Waals surface area (Å²) in [5, 5.41) is 6.20. The van der Waals surface area contributed by atoms with E-state index < -0.39 is 0 Å². The molecule has 0 aliphatic rings. The molecule has 4 rings (SSSR count). The van der Waals surface area contributed by atoms with Crippen LogP contribution in [0, 0.1) is 6.92 Å². The van der Waals surface area contributed by atoms with Crippen LogP contribution in [0.2, 0.25) is 0 Å². The average molecular weight is 378 g/mol. The first-order valence-electron chi connectivity index (χ1n) is 7.91. The standard InChI is InChI=1S/C19H14N4OS2/c1-12-16(26-18(21-12)14-5-3-2-4-6-14)17(24)23-19-22-15(11-25-19)13-7-9-20-10-8-13/h2-11H,1H3,(H,22,23,24). The van der Waals surface area contributed by atoms with E-state index >= 15 is 0 Å². The van der Waals surface area contributed by atoms with Gasteiger partial charge < -0.3 is 0 Å². The van der Waals surface area contributed by atoms with Gasteiger partial charge in [-0.1, -0.05) is 30.3 Å². The molecule has 26 heavy (non-hydrogen) atoms. The third-order valence-corrected chi connectivity index (χ3v) is 5.69. The number of aromatic nitrogens is 3. The zero-order valence-electron chi connectivity index (χ0n) is 13.8. The highest BCUT2D eigenvalue weighted by atomic mass is 32.1. The number of amides is 1. The minimum atomic E-state index is -0.183. The summed E-state index contributed by atoms with van der Waals surface area (Å²) < 4.78 is 0. The van der Waals surface area contributed by atoms with Crippen molar-refractivity contribution in [2.75, 3.05) is 5.32 Å². The summed E-state index contributed by atoms with van der Waals surface area (Å²) in [7, 11) is 0. The number of carbonyl (C=O) groups is 1. The Bertz CT molecular complexity index is 1040. The van der Waals surface area contributed by atoms with Crippen LogP contribution in [0.15, 0.2) is 60.2 Å². The minimum absolute atomic E-state index is 0.183. The Hall–Kier alpha value is -2.90. The summed E-state index contributed by atoms with van der Waals surface area (Å²) in [6.45, 7) is 1.85. The molecule has 5 nitrogen and oxygen atoms in total. The highest BCUT2D eigenvalue weighted by molar-refractivity contribution is 7.17. The molecule has 3 heterocycles. The van der Waals surface area contributed by atoms with E-state index in [-0.39, 0.29) is 5.91 Å². The van der Waals surface area contributed by atoms with Crippen molar-refractivity contribution in [3.05, 3.63) is 70.8 Å². The lowest BCUT2D eigenvalue weighted by molar-refractivity contribution is 0.103. The molecule has 4 aromatic rings. The molecule has 7 heteroatoms. The highest BCUT2D eigenvalue weighted by Gasteiger charge is 2.17. The molecular weight excluding hydrogens is 364 g/mol. The zero-order chi connectivity index (χ0) is 17.9. The SMILES string of the molecule is Cc1nc(-c2ccccc2)sc1C(=O)Nc1nc(-c2ccncc2)cs1. The van der Waals surface area contributed by atoms with Crippen molar-refractivity contribution in [3.63, 3.8) is 0 Å². The molecular formula is C19H14N4OS2.